The summed E-state index contributed by atoms with van der Waals surface area (Å²) in [6, 6.07) is 17.8. The van der Waals surface area contributed by atoms with Gasteiger partial charge in [0.25, 0.3) is 11.8 Å². The Kier molecular flexibility index (Phi) is 8.16. The molecular weight excluding hydrogens is 589 g/mol. The molecule has 0 aromatic heterocycles. The molecule has 1 unspecified atom stereocenters. The number of alkyl halides is 3. The van der Waals surface area contributed by atoms with Gasteiger partial charge in [0, 0.05) is 25.2 Å². The second kappa shape index (κ2) is 11.9. The van der Waals surface area contributed by atoms with E-state index >= 15 is 0 Å². The number of halogens is 4. The van der Waals surface area contributed by atoms with Crippen molar-refractivity contribution in [1.29, 1.82) is 5.26 Å². The normalized spacial score (nSPS) is 19.5. The lowest BCUT2D eigenvalue weighted by Crippen LogP contribution is -2.42. The van der Waals surface area contributed by atoms with E-state index in [-0.39, 0.29) is 21.9 Å². The minimum absolute atomic E-state index is 0.0432. The highest BCUT2D eigenvalue weighted by molar-refractivity contribution is 6.33. The molecule has 1 N–H and O–H groups in total. The minimum atomic E-state index is -4.59. The lowest BCUT2D eigenvalue weighted by Gasteiger charge is -2.39. The van der Waals surface area contributed by atoms with E-state index in [0.29, 0.717) is 37.1 Å². The number of carbonyl (C=O) groups excluding carboxylic acids is 2. The first-order valence-electron chi connectivity index (χ1n) is 14.8. The smallest absolute Gasteiger partial charge is 0.345 e. The largest absolute Gasteiger partial charge is 0.416 e. The summed E-state index contributed by atoms with van der Waals surface area (Å²) in [6.07, 6.45) is -0.353. The fourth-order valence-corrected chi connectivity index (χ4v) is 7.08. The van der Waals surface area contributed by atoms with Crippen LogP contribution in [-0.2, 0) is 19.1 Å². The van der Waals surface area contributed by atoms with E-state index in [4.69, 9.17) is 11.6 Å². The molecule has 2 amide bonds. The number of nitrogens with one attached hydrogen (secondary N) is 1. The number of rotatable bonds is 5. The summed E-state index contributed by atoms with van der Waals surface area (Å²) in [6.45, 7) is 4.08. The molecule has 2 aliphatic heterocycles. The van der Waals surface area contributed by atoms with Gasteiger partial charge < -0.3 is 10.2 Å². The number of hydrogen-bond acceptors (Lipinski definition) is 4. The maximum absolute atomic E-state index is 13.6. The molecule has 1 atom stereocenters. The van der Waals surface area contributed by atoms with Crippen LogP contribution in [0.15, 0.2) is 60.7 Å². The van der Waals surface area contributed by atoms with Crippen molar-refractivity contribution in [1.82, 2.24) is 15.1 Å². The second-order valence-electron chi connectivity index (χ2n) is 12.2. The molecule has 44 heavy (non-hydrogen) atoms. The van der Waals surface area contributed by atoms with Gasteiger partial charge in [-0.05, 0) is 110 Å². The van der Waals surface area contributed by atoms with Crippen molar-refractivity contribution < 1.29 is 22.8 Å². The fourth-order valence-electron chi connectivity index (χ4n) is 6.88. The Morgan fingerprint density at radius 3 is 2.55 bits per heavy atom. The molecule has 2 fully saturated rings. The van der Waals surface area contributed by atoms with Crippen LogP contribution >= 0.6 is 11.6 Å². The highest BCUT2D eigenvalue weighted by Crippen LogP contribution is 2.41. The number of nitriles is 1. The number of aryl methyl sites for hydroxylation is 1. The van der Waals surface area contributed by atoms with E-state index in [0.717, 1.165) is 73.8 Å². The monoisotopic (exact) mass is 620 g/mol. The zero-order valence-corrected chi connectivity index (χ0v) is 24.8. The SMILES string of the molecule is N#Cc1cccc(CN2CCC3(CC2)CCN(C(=O)c2ccc4c(c2)C(NC(=O)c2cc(C(F)(F)F)ccc2Cl)CC4)C3)c1. The Bertz CT molecular complexity index is 1640. The molecule has 2 heterocycles. The zero-order valence-electron chi connectivity index (χ0n) is 24.1. The van der Waals surface area contributed by atoms with E-state index in [2.05, 4.69) is 16.3 Å². The molecule has 228 valence electrons. The maximum atomic E-state index is 13.6. The van der Waals surface area contributed by atoms with Gasteiger partial charge in [-0.1, -0.05) is 29.8 Å². The van der Waals surface area contributed by atoms with Crippen LogP contribution in [0, 0.1) is 16.7 Å². The summed E-state index contributed by atoms with van der Waals surface area (Å²) in [5.74, 6) is -0.723. The predicted octanol–water partition coefficient (Wildman–Crippen LogP) is 6.78. The Hall–Kier alpha value is -3.87. The topological polar surface area (TPSA) is 76.4 Å². The minimum Gasteiger partial charge on any atom is -0.345 e. The molecule has 6 nitrogen and oxygen atoms in total. The van der Waals surface area contributed by atoms with Gasteiger partial charge in [-0.15, -0.1) is 0 Å². The molecule has 0 saturated carbocycles. The zero-order chi connectivity index (χ0) is 31.1. The lowest BCUT2D eigenvalue weighted by molar-refractivity contribution is -0.137. The summed E-state index contributed by atoms with van der Waals surface area (Å²) in [4.78, 5) is 31.0. The average molecular weight is 621 g/mol. The Morgan fingerprint density at radius 1 is 1.02 bits per heavy atom. The van der Waals surface area contributed by atoms with Crippen LogP contribution in [-0.4, -0.2) is 47.8 Å². The molecule has 2 saturated heterocycles. The Labute approximate surface area is 259 Å². The quantitative estimate of drug-likeness (QED) is 0.341. The van der Waals surface area contributed by atoms with Crippen molar-refractivity contribution in [3.8, 4) is 6.07 Å². The van der Waals surface area contributed by atoms with Crippen molar-refractivity contribution in [2.75, 3.05) is 26.2 Å². The Morgan fingerprint density at radius 2 is 1.80 bits per heavy atom. The molecule has 0 bridgehead atoms. The van der Waals surface area contributed by atoms with Gasteiger partial charge in [0.05, 0.1) is 33.8 Å². The van der Waals surface area contributed by atoms with Crippen LogP contribution in [0.25, 0.3) is 0 Å². The molecular formula is C34H32ClF3N4O2. The van der Waals surface area contributed by atoms with Crippen molar-refractivity contribution >= 4 is 23.4 Å². The number of hydrogen-bond donors (Lipinski definition) is 1. The lowest BCUT2D eigenvalue weighted by atomic mass is 9.77. The fraction of sp³-hybridized carbons (Fsp3) is 0.382. The molecule has 6 rings (SSSR count). The first kappa shape index (κ1) is 30.2. The number of amides is 2. The summed E-state index contributed by atoms with van der Waals surface area (Å²) in [5, 5.41) is 12.0. The van der Waals surface area contributed by atoms with Crippen molar-refractivity contribution in [3.63, 3.8) is 0 Å². The summed E-state index contributed by atoms with van der Waals surface area (Å²) in [5.41, 5.74) is 3.10. The van der Waals surface area contributed by atoms with Gasteiger partial charge in [0.1, 0.15) is 0 Å². The summed E-state index contributed by atoms with van der Waals surface area (Å²) >= 11 is 6.09. The van der Waals surface area contributed by atoms with E-state index in [1.807, 2.05) is 47.4 Å². The first-order chi connectivity index (χ1) is 21.0. The van der Waals surface area contributed by atoms with E-state index in [1.54, 1.807) is 0 Å². The third-order valence-electron chi connectivity index (χ3n) is 9.42. The van der Waals surface area contributed by atoms with Crippen LogP contribution in [0.1, 0.15) is 80.3 Å². The first-order valence-corrected chi connectivity index (χ1v) is 15.2. The van der Waals surface area contributed by atoms with E-state index < -0.39 is 23.7 Å². The molecule has 3 aliphatic rings. The van der Waals surface area contributed by atoms with Crippen LogP contribution in [0.5, 0.6) is 0 Å². The van der Waals surface area contributed by atoms with E-state index in [1.165, 1.54) is 0 Å². The van der Waals surface area contributed by atoms with Crippen molar-refractivity contribution in [2.45, 2.75) is 50.9 Å². The van der Waals surface area contributed by atoms with Crippen LogP contribution in [0.3, 0.4) is 0 Å². The highest BCUT2D eigenvalue weighted by atomic mass is 35.5. The van der Waals surface area contributed by atoms with Crippen molar-refractivity contribution in [3.05, 3.63) is 105 Å². The highest BCUT2D eigenvalue weighted by Gasteiger charge is 2.42. The number of carbonyl (C=O) groups is 2. The predicted molar refractivity (Wildman–Crippen MR) is 160 cm³/mol. The standard InChI is InChI=1S/C34H32ClF3N4O2/c35-29-8-7-26(34(36,37)38)18-28(29)31(43)40-30-9-6-24-4-5-25(17-27(24)30)32(44)42-15-12-33(21-42)10-13-41(14-11-33)20-23-3-1-2-22(16-23)19-39/h1-5,7-8,16-18,30H,6,9-15,20-21H2,(H,40,43). The van der Waals surface area contributed by atoms with Crippen LogP contribution in [0.4, 0.5) is 13.2 Å². The maximum Gasteiger partial charge on any atom is 0.416 e. The van der Waals surface area contributed by atoms with Gasteiger partial charge in [0.15, 0.2) is 0 Å². The van der Waals surface area contributed by atoms with Crippen molar-refractivity contribution in [2.24, 2.45) is 5.41 Å². The number of fused-ring (bicyclic) bond motifs is 1. The van der Waals surface area contributed by atoms with Gasteiger partial charge in [0.2, 0.25) is 0 Å². The van der Waals surface area contributed by atoms with Crippen LogP contribution in [0.2, 0.25) is 5.02 Å². The summed E-state index contributed by atoms with van der Waals surface area (Å²) in [7, 11) is 0. The molecule has 3 aromatic carbocycles. The van der Waals surface area contributed by atoms with Gasteiger partial charge >= 0.3 is 6.18 Å². The molecule has 3 aromatic rings. The van der Waals surface area contributed by atoms with Gasteiger partial charge in [-0.2, -0.15) is 18.4 Å². The molecule has 0 radical (unpaired) electrons. The van der Waals surface area contributed by atoms with Gasteiger partial charge in [-0.25, -0.2) is 0 Å². The number of piperidine rings is 1. The molecule has 1 spiro atoms. The number of nitrogens with zero attached hydrogens (tertiary/aromatic N) is 3. The van der Waals surface area contributed by atoms with Gasteiger partial charge in [-0.3, -0.25) is 14.5 Å². The average Bonchev–Trinajstić information content (AvgIpc) is 3.61. The molecule has 1 aliphatic carbocycles. The second-order valence-corrected chi connectivity index (χ2v) is 12.6. The molecule has 10 heteroatoms. The Balaban J connectivity index is 1.09. The summed E-state index contributed by atoms with van der Waals surface area (Å²) < 4.78 is 39.7. The van der Waals surface area contributed by atoms with E-state index in [9.17, 15) is 28.0 Å². The number of likely N-dealkylation sites (tertiary alicyclic amines) is 2. The van der Waals surface area contributed by atoms with Crippen LogP contribution < -0.4 is 5.32 Å². The third-order valence-corrected chi connectivity index (χ3v) is 9.75. The third kappa shape index (κ3) is 6.19. The number of benzene rings is 3.